The molecule has 1 saturated carbocycles. The van der Waals surface area contributed by atoms with Gasteiger partial charge in [-0.3, -0.25) is 4.79 Å². The zero-order valence-electron chi connectivity index (χ0n) is 9.98. The molecule has 0 atom stereocenters. The fraction of sp³-hybridized carbons (Fsp3) is 0.538. The highest BCUT2D eigenvalue weighted by Crippen LogP contribution is 2.42. The van der Waals surface area contributed by atoms with Crippen LogP contribution in [0.15, 0.2) is 17.5 Å². The van der Waals surface area contributed by atoms with Crippen molar-refractivity contribution in [3.05, 3.63) is 22.4 Å². The van der Waals surface area contributed by atoms with Gasteiger partial charge in [-0.2, -0.15) is 5.26 Å². The van der Waals surface area contributed by atoms with Crippen LogP contribution in [0.3, 0.4) is 0 Å². The minimum Gasteiger partial charge on any atom is -0.336 e. The average molecular weight is 248 g/mol. The highest BCUT2D eigenvalue weighted by atomic mass is 32.1. The van der Waals surface area contributed by atoms with Gasteiger partial charge in [0.05, 0.1) is 12.6 Å². The monoisotopic (exact) mass is 248 g/mol. The lowest BCUT2D eigenvalue weighted by Crippen LogP contribution is -2.46. The third kappa shape index (κ3) is 2.20. The number of nitrogens with zero attached hydrogens (tertiary/aromatic N) is 2. The summed E-state index contributed by atoms with van der Waals surface area (Å²) in [7, 11) is 0. The molecular formula is C13H16N2OS. The van der Waals surface area contributed by atoms with E-state index in [1.165, 1.54) is 4.88 Å². The summed E-state index contributed by atoms with van der Waals surface area (Å²) in [6, 6.07) is 6.24. The first-order valence-electron chi connectivity index (χ1n) is 5.95. The number of hydrogen-bond donors (Lipinski definition) is 0. The van der Waals surface area contributed by atoms with Crippen molar-refractivity contribution in [3.63, 3.8) is 0 Å². The van der Waals surface area contributed by atoms with Crippen LogP contribution in [-0.4, -0.2) is 17.4 Å². The molecule has 0 aliphatic heterocycles. The zero-order valence-corrected chi connectivity index (χ0v) is 10.8. The van der Waals surface area contributed by atoms with Crippen LogP contribution in [0.5, 0.6) is 0 Å². The van der Waals surface area contributed by atoms with Gasteiger partial charge in [-0.1, -0.05) is 6.07 Å². The van der Waals surface area contributed by atoms with Gasteiger partial charge < -0.3 is 4.90 Å². The highest BCUT2D eigenvalue weighted by molar-refractivity contribution is 7.09. The van der Waals surface area contributed by atoms with Crippen molar-refractivity contribution in [2.75, 3.05) is 6.54 Å². The minimum absolute atomic E-state index is 0.0159. The second kappa shape index (κ2) is 4.89. The zero-order chi connectivity index (χ0) is 12.3. The molecular weight excluding hydrogens is 232 g/mol. The minimum atomic E-state index is -0.715. The van der Waals surface area contributed by atoms with E-state index in [2.05, 4.69) is 6.07 Å². The van der Waals surface area contributed by atoms with Crippen LogP contribution >= 0.6 is 11.3 Å². The number of thiophene rings is 1. The van der Waals surface area contributed by atoms with Gasteiger partial charge in [0.25, 0.3) is 0 Å². The van der Waals surface area contributed by atoms with Gasteiger partial charge in [0.2, 0.25) is 5.91 Å². The molecule has 0 bridgehead atoms. The molecule has 0 N–H and O–H groups in total. The molecule has 90 valence electrons. The molecule has 0 saturated heterocycles. The van der Waals surface area contributed by atoms with E-state index >= 15 is 0 Å². The first-order chi connectivity index (χ1) is 8.22. The van der Waals surface area contributed by atoms with Gasteiger partial charge >= 0.3 is 0 Å². The van der Waals surface area contributed by atoms with Gasteiger partial charge in [0.1, 0.15) is 5.41 Å². The molecule has 1 heterocycles. The molecule has 1 aromatic rings. The van der Waals surface area contributed by atoms with Crippen LogP contribution in [0.1, 0.15) is 31.1 Å². The maximum atomic E-state index is 12.3. The molecule has 0 radical (unpaired) electrons. The second-order valence-corrected chi connectivity index (χ2v) is 5.48. The number of rotatable bonds is 4. The van der Waals surface area contributed by atoms with Gasteiger partial charge in [-0.15, -0.1) is 11.3 Å². The first kappa shape index (κ1) is 12.1. The summed E-state index contributed by atoms with van der Waals surface area (Å²) in [6.45, 7) is 3.27. The molecule has 1 aliphatic carbocycles. The SMILES string of the molecule is CCN(Cc1cccs1)C(=O)C1(C#N)CCC1. The van der Waals surface area contributed by atoms with Crippen molar-refractivity contribution in [3.8, 4) is 6.07 Å². The Morgan fingerprint density at radius 1 is 1.65 bits per heavy atom. The number of carbonyl (C=O) groups is 1. The van der Waals surface area contributed by atoms with Gasteiger partial charge in [-0.05, 0) is 37.6 Å². The molecule has 3 nitrogen and oxygen atoms in total. The molecule has 1 aromatic heterocycles. The largest absolute Gasteiger partial charge is 0.336 e. The van der Waals surface area contributed by atoms with E-state index in [-0.39, 0.29) is 5.91 Å². The van der Waals surface area contributed by atoms with E-state index in [0.717, 1.165) is 19.3 Å². The molecule has 1 fully saturated rings. The summed E-state index contributed by atoms with van der Waals surface area (Å²) >= 11 is 1.65. The van der Waals surface area contributed by atoms with Crippen LogP contribution in [0.2, 0.25) is 0 Å². The third-order valence-electron chi connectivity index (χ3n) is 3.43. The Labute approximate surface area is 106 Å². The molecule has 1 amide bonds. The maximum Gasteiger partial charge on any atom is 0.243 e. The number of hydrogen-bond acceptors (Lipinski definition) is 3. The van der Waals surface area contributed by atoms with Crippen LogP contribution < -0.4 is 0 Å². The summed E-state index contributed by atoms with van der Waals surface area (Å²) in [5.41, 5.74) is -0.715. The Morgan fingerprint density at radius 3 is 2.82 bits per heavy atom. The summed E-state index contributed by atoms with van der Waals surface area (Å²) < 4.78 is 0. The van der Waals surface area contributed by atoms with Crippen molar-refractivity contribution in [1.82, 2.24) is 4.90 Å². The Hall–Kier alpha value is -1.34. The van der Waals surface area contributed by atoms with E-state index in [1.54, 1.807) is 16.2 Å². The third-order valence-corrected chi connectivity index (χ3v) is 4.29. The summed E-state index contributed by atoms with van der Waals surface area (Å²) in [6.07, 6.45) is 2.45. The van der Waals surface area contributed by atoms with Crippen LogP contribution in [0.4, 0.5) is 0 Å². The Balaban J connectivity index is 2.08. The van der Waals surface area contributed by atoms with Gasteiger partial charge in [-0.25, -0.2) is 0 Å². The van der Waals surface area contributed by atoms with Crippen molar-refractivity contribution < 1.29 is 4.79 Å². The van der Waals surface area contributed by atoms with Crippen LogP contribution in [0, 0.1) is 16.7 Å². The predicted molar refractivity (Wildman–Crippen MR) is 67.3 cm³/mol. The van der Waals surface area contributed by atoms with Crippen LogP contribution in [0.25, 0.3) is 0 Å². The Kier molecular flexibility index (Phi) is 3.49. The lowest BCUT2D eigenvalue weighted by atomic mass is 9.69. The fourth-order valence-corrected chi connectivity index (χ4v) is 2.84. The molecule has 4 heteroatoms. The number of amides is 1. The Bertz CT molecular complexity index is 429. The number of nitriles is 1. The topological polar surface area (TPSA) is 44.1 Å². The van der Waals surface area contributed by atoms with Gasteiger partial charge in [0, 0.05) is 11.4 Å². The smallest absolute Gasteiger partial charge is 0.243 e. The average Bonchev–Trinajstić information content (AvgIpc) is 2.77. The van der Waals surface area contributed by atoms with E-state index in [0.29, 0.717) is 13.1 Å². The van der Waals surface area contributed by atoms with Gasteiger partial charge in [0.15, 0.2) is 0 Å². The molecule has 0 unspecified atom stereocenters. The normalized spacial score (nSPS) is 16.9. The molecule has 0 spiro atoms. The molecule has 17 heavy (non-hydrogen) atoms. The van der Waals surface area contributed by atoms with Crippen molar-refractivity contribution in [1.29, 1.82) is 5.26 Å². The quantitative estimate of drug-likeness (QED) is 0.822. The second-order valence-electron chi connectivity index (χ2n) is 4.45. The molecule has 0 aromatic carbocycles. The maximum absolute atomic E-state index is 12.3. The predicted octanol–water partition coefficient (Wildman–Crippen LogP) is 2.79. The number of carbonyl (C=O) groups excluding carboxylic acids is 1. The fourth-order valence-electron chi connectivity index (χ4n) is 2.12. The van der Waals surface area contributed by atoms with Crippen molar-refractivity contribution >= 4 is 17.2 Å². The van der Waals surface area contributed by atoms with E-state index in [9.17, 15) is 10.1 Å². The highest BCUT2D eigenvalue weighted by Gasteiger charge is 2.46. The van der Waals surface area contributed by atoms with Crippen molar-refractivity contribution in [2.45, 2.75) is 32.7 Å². The summed E-state index contributed by atoms with van der Waals surface area (Å²) in [4.78, 5) is 15.3. The van der Waals surface area contributed by atoms with E-state index < -0.39 is 5.41 Å². The summed E-state index contributed by atoms with van der Waals surface area (Å²) in [5, 5.41) is 11.2. The van der Waals surface area contributed by atoms with E-state index in [4.69, 9.17) is 0 Å². The van der Waals surface area contributed by atoms with Crippen molar-refractivity contribution in [2.24, 2.45) is 5.41 Å². The molecule has 1 aliphatic rings. The summed E-state index contributed by atoms with van der Waals surface area (Å²) in [5.74, 6) is 0.0159. The molecule has 2 rings (SSSR count). The Morgan fingerprint density at radius 2 is 2.41 bits per heavy atom. The lowest BCUT2D eigenvalue weighted by molar-refractivity contribution is -0.143. The standard InChI is InChI=1S/C13H16N2OS/c1-2-15(9-11-5-3-8-17-11)12(16)13(10-14)6-4-7-13/h3,5,8H,2,4,6-7,9H2,1H3. The van der Waals surface area contributed by atoms with Crippen LogP contribution in [-0.2, 0) is 11.3 Å². The van der Waals surface area contributed by atoms with E-state index in [1.807, 2.05) is 24.4 Å². The first-order valence-corrected chi connectivity index (χ1v) is 6.83. The lowest BCUT2D eigenvalue weighted by Gasteiger charge is -2.37.